The first kappa shape index (κ1) is 18.8. The Labute approximate surface area is 179 Å². The zero-order chi connectivity index (χ0) is 21.4. The van der Waals surface area contributed by atoms with Gasteiger partial charge in [-0.2, -0.15) is 5.10 Å². The fraction of sp³-hybridized carbons (Fsp3) is 0.0800. The van der Waals surface area contributed by atoms with E-state index in [0.717, 1.165) is 33.8 Å². The lowest BCUT2D eigenvalue weighted by Gasteiger charge is -2.06. The average molecular weight is 407 g/mol. The third-order valence-electron chi connectivity index (χ3n) is 5.24. The van der Waals surface area contributed by atoms with Gasteiger partial charge in [0, 0.05) is 36.3 Å². The van der Waals surface area contributed by atoms with Gasteiger partial charge in [0.05, 0.1) is 11.4 Å². The summed E-state index contributed by atoms with van der Waals surface area (Å²) in [6, 6.07) is 23.4. The zero-order valence-electron chi connectivity index (χ0n) is 17.3. The van der Waals surface area contributed by atoms with Crippen molar-refractivity contribution in [3.05, 3.63) is 96.4 Å². The van der Waals surface area contributed by atoms with E-state index in [1.54, 1.807) is 17.8 Å². The quantitative estimate of drug-likeness (QED) is 0.458. The van der Waals surface area contributed by atoms with E-state index in [0.29, 0.717) is 5.69 Å². The minimum absolute atomic E-state index is 0.201. The monoisotopic (exact) mass is 407 g/mol. The molecule has 3 heterocycles. The molecule has 0 saturated carbocycles. The fourth-order valence-electron chi connectivity index (χ4n) is 3.57. The second kappa shape index (κ2) is 7.57. The molecule has 0 radical (unpaired) electrons. The largest absolute Gasteiger partial charge is 0.321 e. The molecular weight excluding hydrogens is 386 g/mol. The number of aryl methyl sites for hydroxylation is 2. The van der Waals surface area contributed by atoms with E-state index in [4.69, 9.17) is 0 Å². The van der Waals surface area contributed by atoms with Crippen molar-refractivity contribution in [1.29, 1.82) is 0 Å². The maximum Gasteiger partial charge on any atom is 0.273 e. The van der Waals surface area contributed by atoms with Crippen LogP contribution < -0.4 is 5.32 Å². The van der Waals surface area contributed by atoms with Crippen molar-refractivity contribution >= 4 is 17.2 Å². The lowest BCUT2D eigenvalue weighted by Crippen LogP contribution is -2.15. The number of pyridine rings is 1. The molecule has 6 nitrogen and oxygen atoms in total. The van der Waals surface area contributed by atoms with E-state index in [1.807, 2.05) is 71.4 Å². The third-order valence-corrected chi connectivity index (χ3v) is 5.24. The fourth-order valence-corrected chi connectivity index (χ4v) is 3.57. The summed E-state index contributed by atoms with van der Waals surface area (Å²) in [5.41, 5.74) is 6.93. The minimum Gasteiger partial charge on any atom is -0.321 e. The first-order valence-corrected chi connectivity index (χ1v) is 10.0. The van der Waals surface area contributed by atoms with Crippen LogP contribution in [0.2, 0.25) is 0 Å². The number of aromatic nitrogens is 4. The Balaban J connectivity index is 1.35. The van der Waals surface area contributed by atoms with Gasteiger partial charge < -0.3 is 9.72 Å². The van der Waals surface area contributed by atoms with Crippen molar-refractivity contribution in [1.82, 2.24) is 19.2 Å². The Morgan fingerprint density at radius 2 is 1.65 bits per heavy atom. The molecular formula is C25H21N5O. The number of hydrogen-bond acceptors (Lipinski definition) is 3. The third kappa shape index (κ3) is 3.71. The molecule has 1 N–H and O–H groups in total. The van der Waals surface area contributed by atoms with Crippen LogP contribution in [0, 0.1) is 6.92 Å². The number of rotatable bonds is 4. The van der Waals surface area contributed by atoms with Gasteiger partial charge in [-0.05, 0) is 42.8 Å². The molecule has 0 aliphatic heterocycles. The molecule has 0 saturated heterocycles. The minimum atomic E-state index is -0.201. The first-order chi connectivity index (χ1) is 15.1. The number of amides is 1. The van der Waals surface area contributed by atoms with Crippen molar-refractivity contribution < 1.29 is 4.79 Å². The Bertz CT molecular complexity index is 1380. The second-order valence-electron chi connectivity index (χ2n) is 7.53. The van der Waals surface area contributed by atoms with Gasteiger partial charge in [-0.1, -0.05) is 42.5 Å². The van der Waals surface area contributed by atoms with Crippen LogP contribution in [0.1, 0.15) is 16.1 Å². The predicted octanol–water partition coefficient (Wildman–Crippen LogP) is 4.96. The smallest absolute Gasteiger partial charge is 0.273 e. The molecule has 5 rings (SSSR count). The number of benzene rings is 2. The first-order valence-electron chi connectivity index (χ1n) is 10.0. The summed E-state index contributed by atoms with van der Waals surface area (Å²) < 4.78 is 3.61. The van der Waals surface area contributed by atoms with Gasteiger partial charge >= 0.3 is 0 Å². The lowest BCUT2D eigenvalue weighted by molar-refractivity contribution is 0.101. The Hall–Kier alpha value is -4.19. The van der Waals surface area contributed by atoms with Crippen LogP contribution in [0.3, 0.4) is 0 Å². The summed E-state index contributed by atoms with van der Waals surface area (Å²) in [5, 5.41) is 7.42. The molecule has 6 heteroatoms. The molecule has 0 aliphatic carbocycles. The number of carbonyl (C=O) groups is 1. The van der Waals surface area contributed by atoms with Gasteiger partial charge in [0.2, 0.25) is 0 Å². The molecule has 5 aromatic rings. The van der Waals surface area contributed by atoms with Gasteiger partial charge in [-0.15, -0.1) is 0 Å². The molecule has 0 bridgehead atoms. The number of carbonyl (C=O) groups excluding carboxylic acids is 1. The molecule has 31 heavy (non-hydrogen) atoms. The summed E-state index contributed by atoms with van der Waals surface area (Å²) in [5.74, 6) is -0.201. The van der Waals surface area contributed by atoms with E-state index < -0.39 is 0 Å². The van der Waals surface area contributed by atoms with Gasteiger partial charge in [0.15, 0.2) is 0 Å². The highest BCUT2D eigenvalue weighted by molar-refractivity contribution is 6.03. The number of nitrogens with zero attached hydrogens (tertiary/aromatic N) is 4. The maximum absolute atomic E-state index is 12.8. The summed E-state index contributed by atoms with van der Waals surface area (Å²) in [6.07, 6.45) is 4.01. The van der Waals surface area contributed by atoms with E-state index in [2.05, 4.69) is 34.5 Å². The highest BCUT2D eigenvalue weighted by Gasteiger charge is 2.15. The van der Waals surface area contributed by atoms with Crippen molar-refractivity contribution in [2.75, 3.05) is 5.32 Å². The lowest BCUT2D eigenvalue weighted by atomic mass is 10.1. The normalized spacial score (nSPS) is 11.0. The molecule has 3 aromatic heterocycles. The van der Waals surface area contributed by atoms with Crippen LogP contribution in [-0.4, -0.2) is 25.1 Å². The molecule has 2 aromatic carbocycles. The van der Waals surface area contributed by atoms with Crippen molar-refractivity contribution in [3.8, 4) is 22.5 Å². The van der Waals surface area contributed by atoms with Gasteiger partial charge in [-0.25, -0.2) is 4.98 Å². The number of hydrogen-bond donors (Lipinski definition) is 1. The Morgan fingerprint density at radius 1 is 0.903 bits per heavy atom. The van der Waals surface area contributed by atoms with Gasteiger partial charge in [0.25, 0.3) is 5.91 Å². The molecule has 0 aliphatic rings. The van der Waals surface area contributed by atoms with Crippen molar-refractivity contribution in [2.45, 2.75) is 6.92 Å². The van der Waals surface area contributed by atoms with Gasteiger partial charge in [-0.3, -0.25) is 9.48 Å². The van der Waals surface area contributed by atoms with Crippen LogP contribution in [0.25, 0.3) is 28.2 Å². The number of fused-ring (bicyclic) bond motifs is 1. The average Bonchev–Trinajstić information content (AvgIpc) is 3.38. The molecule has 152 valence electrons. The highest BCUT2D eigenvalue weighted by Crippen LogP contribution is 2.23. The van der Waals surface area contributed by atoms with E-state index >= 15 is 0 Å². The van der Waals surface area contributed by atoms with Crippen molar-refractivity contribution in [2.24, 2.45) is 7.05 Å². The van der Waals surface area contributed by atoms with E-state index in [9.17, 15) is 4.79 Å². The molecule has 0 spiro atoms. The van der Waals surface area contributed by atoms with Crippen LogP contribution in [-0.2, 0) is 7.05 Å². The van der Waals surface area contributed by atoms with Crippen molar-refractivity contribution in [3.63, 3.8) is 0 Å². The van der Waals surface area contributed by atoms with Crippen LogP contribution >= 0.6 is 0 Å². The second-order valence-corrected chi connectivity index (χ2v) is 7.53. The number of nitrogens with one attached hydrogen (secondary N) is 1. The topological polar surface area (TPSA) is 64.2 Å². The van der Waals surface area contributed by atoms with Crippen LogP contribution in [0.15, 0.2) is 85.2 Å². The van der Waals surface area contributed by atoms with Gasteiger partial charge in [0.1, 0.15) is 11.3 Å². The van der Waals surface area contributed by atoms with Crippen LogP contribution in [0.5, 0.6) is 0 Å². The SMILES string of the molecule is Cc1ccn2cc(-c3ccc(NC(=O)c4cc(-c5ccccc5)nn4C)cc3)nc2c1. The molecule has 0 fully saturated rings. The maximum atomic E-state index is 12.8. The molecule has 0 unspecified atom stereocenters. The summed E-state index contributed by atoms with van der Waals surface area (Å²) in [6.45, 7) is 2.05. The van der Waals surface area contributed by atoms with Crippen LogP contribution in [0.4, 0.5) is 5.69 Å². The number of anilines is 1. The summed E-state index contributed by atoms with van der Waals surface area (Å²) in [7, 11) is 1.77. The Kier molecular flexibility index (Phi) is 4.59. The predicted molar refractivity (Wildman–Crippen MR) is 122 cm³/mol. The number of imidazole rings is 1. The Morgan fingerprint density at radius 3 is 2.42 bits per heavy atom. The summed E-state index contributed by atoms with van der Waals surface area (Å²) >= 11 is 0. The highest BCUT2D eigenvalue weighted by atomic mass is 16.2. The summed E-state index contributed by atoms with van der Waals surface area (Å²) in [4.78, 5) is 17.5. The molecule has 1 amide bonds. The molecule has 0 atom stereocenters. The van der Waals surface area contributed by atoms with E-state index in [-0.39, 0.29) is 5.91 Å². The van der Waals surface area contributed by atoms with E-state index in [1.165, 1.54) is 5.56 Å². The standard InChI is InChI=1S/C25H21N5O/c1-17-12-13-30-16-22(27-24(30)14-17)19-8-10-20(11-9-19)26-25(31)23-15-21(28-29(23)2)18-6-4-3-5-7-18/h3-16H,1-2H3,(H,26,31). The zero-order valence-corrected chi connectivity index (χ0v) is 17.3.